The summed E-state index contributed by atoms with van der Waals surface area (Å²) in [6.07, 6.45) is 2.51. The first-order valence-electron chi connectivity index (χ1n) is 10.5. The number of anilines is 1. The maximum absolute atomic E-state index is 12.3. The topological polar surface area (TPSA) is 82.7 Å². The van der Waals surface area contributed by atoms with E-state index in [0.29, 0.717) is 23.0 Å². The average Bonchev–Trinajstić information content (AvgIpc) is 3.30. The van der Waals surface area contributed by atoms with E-state index in [9.17, 15) is 9.59 Å². The summed E-state index contributed by atoms with van der Waals surface area (Å²) in [5, 5.41) is 9.13. The standard InChI is InChI=1S/C23H29ClN4O3/c1-31-18-10-8-17(9-11-18)27-23(30)25-13-12-22(29)26-16-21(28-14-4-5-15-28)19-6-2-3-7-20(19)24/h2-3,6-11,21H,4-5,12-16H2,1H3,(H,26,29)(H2,25,27,30)/t21-/m1/s1. The van der Waals surface area contributed by atoms with E-state index in [1.807, 2.05) is 24.3 Å². The van der Waals surface area contributed by atoms with Crippen LogP contribution in [0.1, 0.15) is 30.9 Å². The number of rotatable bonds is 9. The van der Waals surface area contributed by atoms with E-state index in [2.05, 4.69) is 20.9 Å². The number of benzene rings is 2. The second kappa shape index (κ2) is 11.6. The van der Waals surface area contributed by atoms with Crippen molar-refractivity contribution in [3.63, 3.8) is 0 Å². The van der Waals surface area contributed by atoms with Crippen molar-refractivity contribution in [2.24, 2.45) is 0 Å². The lowest BCUT2D eigenvalue weighted by Crippen LogP contribution is -2.38. The molecule has 0 radical (unpaired) electrons. The SMILES string of the molecule is COc1ccc(NC(=O)NCCC(=O)NC[C@H](c2ccccc2Cl)N2CCCC2)cc1. The fraction of sp³-hybridized carbons (Fsp3) is 0.391. The fourth-order valence-electron chi connectivity index (χ4n) is 3.67. The van der Waals surface area contributed by atoms with E-state index in [0.717, 1.165) is 31.5 Å². The number of carbonyl (C=O) groups excluding carboxylic acids is 2. The molecular formula is C23H29ClN4O3. The van der Waals surface area contributed by atoms with Gasteiger partial charge in [0, 0.05) is 30.2 Å². The molecule has 1 saturated heterocycles. The number of amides is 3. The number of hydrogen-bond donors (Lipinski definition) is 3. The van der Waals surface area contributed by atoms with Gasteiger partial charge in [-0.1, -0.05) is 29.8 Å². The third kappa shape index (κ3) is 6.87. The molecule has 1 fully saturated rings. The van der Waals surface area contributed by atoms with E-state index in [1.165, 1.54) is 0 Å². The summed E-state index contributed by atoms with van der Waals surface area (Å²) in [7, 11) is 1.59. The van der Waals surface area contributed by atoms with Crippen molar-refractivity contribution in [1.82, 2.24) is 15.5 Å². The molecule has 8 heteroatoms. The Morgan fingerprint density at radius 3 is 2.45 bits per heavy atom. The van der Waals surface area contributed by atoms with Crippen molar-refractivity contribution in [2.45, 2.75) is 25.3 Å². The van der Waals surface area contributed by atoms with Gasteiger partial charge in [-0.15, -0.1) is 0 Å². The highest BCUT2D eigenvalue weighted by atomic mass is 35.5. The summed E-state index contributed by atoms with van der Waals surface area (Å²) in [6.45, 7) is 2.73. The Kier molecular flexibility index (Phi) is 8.55. The predicted octanol–water partition coefficient (Wildman–Crippen LogP) is 3.81. The highest BCUT2D eigenvalue weighted by Crippen LogP contribution is 2.29. The van der Waals surface area contributed by atoms with Gasteiger partial charge < -0.3 is 20.7 Å². The lowest BCUT2D eigenvalue weighted by atomic mass is 10.1. The number of carbonyl (C=O) groups is 2. The van der Waals surface area contributed by atoms with Crippen LogP contribution in [-0.4, -0.2) is 50.1 Å². The molecule has 0 aliphatic carbocycles. The molecule has 1 atom stereocenters. The molecular weight excluding hydrogens is 416 g/mol. The summed E-state index contributed by atoms with van der Waals surface area (Å²) < 4.78 is 5.09. The number of halogens is 1. The first-order valence-corrected chi connectivity index (χ1v) is 10.9. The van der Waals surface area contributed by atoms with Crippen LogP contribution in [0.4, 0.5) is 10.5 Å². The van der Waals surface area contributed by atoms with Crippen molar-refractivity contribution in [3.05, 3.63) is 59.1 Å². The molecule has 166 valence electrons. The zero-order valence-corrected chi connectivity index (χ0v) is 18.5. The number of nitrogens with zero attached hydrogens (tertiary/aromatic N) is 1. The number of methoxy groups -OCH3 is 1. The summed E-state index contributed by atoms with van der Waals surface area (Å²) in [5.74, 6) is 0.604. The molecule has 0 unspecified atom stereocenters. The number of nitrogens with one attached hydrogen (secondary N) is 3. The summed E-state index contributed by atoms with van der Waals surface area (Å²) in [5.41, 5.74) is 1.68. The van der Waals surface area contributed by atoms with Gasteiger partial charge in [-0.3, -0.25) is 9.69 Å². The minimum atomic E-state index is -0.357. The van der Waals surface area contributed by atoms with Gasteiger partial charge in [0.2, 0.25) is 5.91 Å². The Bertz CT molecular complexity index is 869. The molecule has 0 saturated carbocycles. The van der Waals surface area contributed by atoms with Crippen LogP contribution in [0.2, 0.25) is 5.02 Å². The molecule has 2 aromatic rings. The van der Waals surface area contributed by atoms with Gasteiger partial charge in [0.05, 0.1) is 13.2 Å². The molecule has 1 heterocycles. The van der Waals surface area contributed by atoms with Gasteiger partial charge in [0.25, 0.3) is 0 Å². The molecule has 2 aromatic carbocycles. The van der Waals surface area contributed by atoms with Crippen molar-refractivity contribution >= 4 is 29.2 Å². The van der Waals surface area contributed by atoms with Gasteiger partial charge in [0.1, 0.15) is 5.75 Å². The maximum atomic E-state index is 12.3. The van der Waals surface area contributed by atoms with Crippen LogP contribution in [0.3, 0.4) is 0 Å². The Labute approximate surface area is 188 Å². The third-order valence-electron chi connectivity index (χ3n) is 5.32. The van der Waals surface area contributed by atoms with E-state index < -0.39 is 0 Å². The lowest BCUT2D eigenvalue weighted by molar-refractivity contribution is -0.121. The first kappa shape index (κ1) is 22.9. The third-order valence-corrected chi connectivity index (χ3v) is 5.67. The highest BCUT2D eigenvalue weighted by Gasteiger charge is 2.25. The lowest BCUT2D eigenvalue weighted by Gasteiger charge is -2.29. The molecule has 31 heavy (non-hydrogen) atoms. The largest absolute Gasteiger partial charge is 0.497 e. The summed E-state index contributed by atoms with van der Waals surface area (Å²) >= 11 is 6.41. The van der Waals surface area contributed by atoms with Gasteiger partial charge in [-0.2, -0.15) is 0 Å². The van der Waals surface area contributed by atoms with E-state index >= 15 is 0 Å². The van der Waals surface area contributed by atoms with Crippen molar-refractivity contribution in [3.8, 4) is 5.75 Å². The van der Waals surface area contributed by atoms with Crippen LogP contribution in [0.15, 0.2) is 48.5 Å². The zero-order valence-electron chi connectivity index (χ0n) is 17.7. The highest BCUT2D eigenvalue weighted by molar-refractivity contribution is 6.31. The minimum absolute atomic E-state index is 0.0477. The summed E-state index contributed by atoms with van der Waals surface area (Å²) in [4.78, 5) is 26.7. The predicted molar refractivity (Wildman–Crippen MR) is 123 cm³/mol. The number of ether oxygens (including phenoxy) is 1. The normalized spacial score (nSPS) is 14.6. The summed E-state index contributed by atoms with van der Waals surface area (Å²) in [6, 6.07) is 14.5. The van der Waals surface area contributed by atoms with E-state index in [-0.39, 0.29) is 30.9 Å². The van der Waals surface area contributed by atoms with Crippen molar-refractivity contribution in [2.75, 3.05) is 38.6 Å². The molecule has 3 amide bonds. The number of likely N-dealkylation sites (tertiary alicyclic amines) is 1. The van der Waals surface area contributed by atoms with Gasteiger partial charge in [-0.25, -0.2) is 4.79 Å². The van der Waals surface area contributed by atoms with Crippen LogP contribution in [0.5, 0.6) is 5.75 Å². The Morgan fingerprint density at radius 1 is 1.06 bits per heavy atom. The Morgan fingerprint density at radius 2 is 1.77 bits per heavy atom. The second-order valence-electron chi connectivity index (χ2n) is 7.44. The smallest absolute Gasteiger partial charge is 0.319 e. The van der Waals surface area contributed by atoms with Crippen molar-refractivity contribution < 1.29 is 14.3 Å². The molecule has 0 aromatic heterocycles. The van der Waals surface area contributed by atoms with Gasteiger partial charge >= 0.3 is 6.03 Å². The Hall–Kier alpha value is -2.77. The van der Waals surface area contributed by atoms with Gasteiger partial charge in [-0.05, 0) is 61.8 Å². The number of hydrogen-bond acceptors (Lipinski definition) is 4. The van der Waals surface area contributed by atoms with Crippen LogP contribution < -0.4 is 20.7 Å². The molecule has 3 N–H and O–H groups in total. The molecule has 0 spiro atoms. The molecule has 1 aliphatic heterocycles. The van der Waals surface area contributed by atoms with Crippen LogP contribution in [0.25, 0.3) is 0 Å². The average molecular weight is 445 g/mol. The molecule has 3 rings (SSSR count). The zero-order chi connectivity index (χ0) is 22.1. The molecule has 7 nitrogen and oxygen atoms in total. The van der Waals surface area contributed by atoms with E-state index in [1.54, 1.807) is 31.4 Å². The van der Waals surface area contributed by atoms with Crippen LogP contribution in [0, 0.1) is 0 Å². The monoisotopic (exact) mass is 444 g/mol. The Balaban J connectivity index is 1.43. The molecule has 1 aliphatic rings. The number of urea groups is 1. The van der Waals surface area contributed by atoms with Crippen molar-refractivity contribution in [1.29, 1.82) is 0 Å². The first-order chi connectivity index (χ1) is 15.1. The second-order valence-corrected chi connectivity index (χ2v) is 7.85. The fourth-order valence-corrected chi connectivity index (χ4v) is 3.93. The maximum Gasteiger partial charge on any atom is 0.319 e. The van der Waals surface area contributed by atoms with Crippen LogP contribution >= 0.6 is 11.6 Å². The van der Waals surface area contributed by atoms with Gasteiger partial charge in [0.15, 0.2) is 0 Å². The van der Waals surface area contributed by atoms with Crippen LogP contribution in [-0.2, 0) is 4.79 Å². The quantitative estimate of drug-likeness (QED) is 0.549. The molecule has 0 bridgehead atoms. The van der Waals surface area contributed by atoms with E-state index in [4.69, 9.17) is 16.3 Å². The minimum Gasteiger partial charge on any atom is -0.497 e.